The second kappa shape index (κ2) is 5.29. The fourth-order valence-corrected chi connectivity index (χ4v) is 3.03. The van der Waals surface area contributed by atoms with Crippen molar-refractivity contribution in [1.82, 2.24) is 0 Å². The molecule has 0 amide bonds. The maximum atomic E-state index is 11.8. The van der Waals surface area contributed by atoms with Gasteiger partial charge < -0.3 is 0 Å². The van der Waals surface area contributed by atoms with E-state index in [4.69, 9.17) is 11.6 Å². The van der Waals surface area contributed by atoms with Crippen LogP contribution in [-0.2, 0) is 0 Å². The first-order chi connectivity index (χ1) is 6.56. The van der Waals surface area contributed by atoms with E-state index in [0.717, 1.165) is 21.5 Å². The molecule has 1 nitrogen and oxygen atoms in total. The molecule has 1 atom stereocenters. The summed E-state index contributed by atoms with van der Waals surface area (Å²) >= 11 is 10.6. The molecule has 4 heteroatoms. The fourth-order valence-electron chi connectivity index (χ4n) is 1.27. The predicted octanol–water partition coefficient (Wildman–Crippen LogP) is 4.78. The standard InChI is InChI=1S/C10H12BrClOS/c1-3-4-6(2)9(13)8-5-7(12)10(11)14-8/h5-6H,3-4H2,1-2H3. The lowest BCUT2D eigenvalue weighted by Gasteiger charge is -2.05. The van der Waals surface area contributed by atoms with Gasteiger partial charge in [0.2, 0.25) is 0 Å². The molecule has 0 aliphatic heterocycles. The van der Waals surface area contributed by atoms with E-state index in [9.17, 15) is 4.79 Å². The van der Waals surface area contributed by atoms with E-state index in [1.54, 1.807) is 6.07 Å². The van der Waals surface area contributed by atoms with E-state index in [-0.39, 0.29) is 11.7 Å². The Kier molecular flexibility index (Phi) is 4.61. The Morgan fingerprint density at radius 2 is 2.36 bits per heavy atom. The summed E-state index contributed by atoms with van der Waals surface area (Å²) in [4.78, 5) is 12.6. The molecule has 0 saturated carbocycles. The van der Waals surface area contributed by atoms with Crippen LogP contribution in [0.2, 0.25) is 5.02 Å². The topological polar surface area (TPSA) is 17.1 Å². The van der Waals surface area contributed by atoms with Crippen LogP contribution >= 0.6 is 38.9 Å². The summed E-state index contributed by atoms with van der Waals surface area (Å²) in [6, 6.07) is 1.74. The summed E-state index contributed by atoms with van der Waals surface area (Å²) in [6.07, 6.45) is 1.97. The highest BCUT2D eigenvalue weighted by Crippen LogP contribution is 2.33. The van der Waals surface area contributed by atoms with Crippen LogP contribution in [0, 0.1) is 5.92 Å². The lowest BCUT2D eigenvalue weighted by atomic mass is 10.0. The zero-order valence-corrected chi connectivity index (χ0v) is 11.3. The van der Waals surface area contributed by atoms with Crippen LogP contribution in [0.5, 0.6) is 0 Å². The van der Waals surface area contributed by atoms with E-state index in [1.807, 2.05) is 6.92 Å². The maximum absolute atomic E-state index is 11.8. The van der Waals surface area contributed by atoms with Crippen LogP contribution in [0.25, 0.3) is 0 Å². The van der Waals surface area contributed by atoms with E-state index in [0.29, 0.717) is 5.02 Å². The molecule has 0 saturated heterocycles. The van der Waals surface area contributed by atoms with Gasteiger partial charge in [-0.1, -0.05) is 31.9 Å². The number of carbonyl (C=O) groups excluding carboxylic acids is 1. The van der Waals surface area contributed by atoms with Crippen molar-refractivity contribution in [2.24, 2.45) is 5.92 Å². The minimum atomic E-state index is 0.0987. The van der Waals surface area contributed by atoms with Crippen LogP contribution in [0.4, 0.5) is 0 Å². The number of hydrogen-bond donors (Lipinski definition) is 0. The summed E-state index contributed by atoms with van der Waals surface area (Å²) in [5, 5.41) is 0.627. The Morgan fingerprint density at radius 3 is 2.79 bits per heavy atom. The molecule has 1 aromatic rings. The smallest absolute Gasteiger partial charge is 0.175 e. The molecule has 0 spiro atoms. The van der Waals surface area contributed by atoms with Crippen molar-refractivity contribution in [1.29, 1.82) is 0 Å². The summed E-state index contributed by atoms with van der Waals surface area (Å²) in [6.45, 7) is 4.05. The van der Waals surface area contributed by atoms with Gasteiger partial charge in [-0.05, 0) is 28.4 Å². The first kappa shape index (κ1) is 12.2. The van der Waals surface area contributed by atoms with Crippen LogP contribution in [0.3, 0.4) is 0 Å². The molecule has 0 aliphatic carbocycles. The minimum absolute atomic E-state index is 0.0987. The first-order valence-electron chi connectivity index (χ1n) is 4.55. The van der Waals surface area contributed by atoms with E-state index < -0.39 is 0 Å². The predicted molar refractivity (Wildman–Crippen MR) is 65.4 cm³/mol. The van der Waals surface area contributed by atoms with Crippen molar-refractivity contribution in [3.8, 4) is 0 Å². The minimum Gasteiger partial charge on any atom is -0.293 e. The summed E-state index contributed by atoms with van der Waals surface area (Å²) in [7, 11) is 0. The lowest BCUT2D eigenvalue weighted by molar-refractivity contribution is 0.0928. The van der Waals surface area contributed by atoms with Gasteiger partial charge in [0.15, 0.2) is 5.78 Å². The van der Waals surface area contributed by atoms with E-state index in [2.05, 4.69) is 22.9 Å². The second-order valence-electron chi connectivity index (χ2n) is 3.29. The molecule has 0 N–H and O–H groups in total. The van der Waals surface area contributed by atoms with Gasteiger partial charge in [0.05, 0.1) is 13.7 Å². The number of carbonyl (C=O) groups is 1. The average molecular weight is 296 g/mol. The highest BCUT2D eigenvalue weighted by Gasteiger charge is 2.17. The van der Waals surface area contributed by atoms with Gasteiger partial charge in [-0.15, -0.1) is 11.3 Å². The molecule has 78 valence electrons. The third-order valence-electron chi connectivity index (χ3n) is 2.06. The van der Waals surface area contributed by atoms with Crippen molar-refractivity contribution in [2.75, 3.05) is 0 Å². The Morgan fingerprint density at radius 1 is 1.71 bits per heavy atom. The fraction of sp³-hybridized carbons (Fsp3) is 0.500. The molecule has 1 aromatic heterocycles. The maximum Gasteiger partial charge on any atom is 0.175 e. The van der Waals surface area contributed by atoms with Gasteiger partial charge in [-0.3, -0.25) is 4.79 Å². The van der Waals surface area contributed by atoms with E-state index in [1.165, 1.54) is 11.3 Å². The number of halogens is 2. The first-order valence-corrected chi connectivity index (χ1v) is 6.54. The highest BCUT2D eigenvalue weighted by atomic mass is 79.9. The zero-order chi connectivity index (χ0) is 10.7. The third kappa shape index (κ3) is 2.81. The zero-order valence-electron chi connectivity index (χ0n) is 8.14. The molecule has 0 aromatic carbocycles. The molecule has 0 fully saturated rings. The Labute approximate surface area is 102 Å². The van der Waals surface area contributed by atoms with Crippen molar-refractivity contribution in [3.63, 3.8) is 0 Å². The second-order valence-corrected chi connectivity index (χ2v) is 6.06. The normalized spacial score (nSPS) is 12.9. The molecule has 0 radical (unpaired) electrons. The van der Waals surface area contributed by atoms with Crippen molar-refractivity contribution >= 4 is 44.7 Å². The summed E-state index contributed by atoms with van der Waals surface area (Å²) < 4.78 is 0.839. The third-order valence-corrected chi connectivity index (χ3v) is 4.55. The number of rotatable bonds is 4. The summed E-state index contributed by atoms with van der Waals surface area (Å²) in [5.74, 6) is 0.297. The number of thiophene rings is 1. The van der Waals surface area contributed by atoms with Gasteiger partial charge >= 0.3 is 0 Å². The van der Waals surface area contributed by atoms with Crippen LogP contribution in [0.1, 0.15) is 36.4 Å². The Balaban J connectivity index is 2.79. The summed E-state index contributed by atoms with van der Waals surface area (Å²) in [5.41, 5.74) is 0. The Bertz CT molecular complexity index is 315. The monoisotopic (exact) mass is 294 g/mol. The van der Waals surface area contributed by atoms with Crippen molar-refractivity contribution in [3.05, 3.63) is 19.8 Å². The van der Waals surface area contributed by atoms with Crippen LogP contribution in [0.15, 0.2) is 9.85 Å². The molecule has 1 rings (SSSR count). The van der Waals surface area contributed by atoms with E-state index >= 15 is 0 Å². The SMILES string of the molecule is CCCC(C)C(=O)c1cc(Cl)c(Br)s1. The van der Waals surface area contributed by atoms with Gasteiger partial charge in [0.25, 0.3) is 0 Å². The molecular weight excluding hydrogens is 284 g/mol. The molecular formula is C10H12BrClOS. The van der Waals surface area contributed by atoms with Crippen molar-refractivity contribution in [2.45, 2.75) is 26.7 Å². The lowest BCUT2D eigenvalue weighted by Crippen LogP contribution is -2.09. The average Bonchev–Trinajstić information content (AvgIpc) is 2.46. The quantitative estimate of drug-likeness (QED) is 0.730. The van der Waals surface area contributed by atoms with Gasteiger partial charge in [-0.2, -0.15) is 0 Å². The molecule has 1 unspecified atom stereocenters. The highest BCUT2D eigenvalue weighted by molar-refractivity contribution is 9.11. The van der Waals surface area contributed by atoms with Crippen LogP contribution < -0.4 is 0 Å². The molecule has 0 aliphatic rings. The molecule has 1 heterocycles. The van der Waals surface area contributed by atoms with Crippen molar-refractivity contribution < 1.29 is 4.79 Å². The molecule has 14 heavy (non-hydrogen) atoms. The van der Waals surface area contributed by atoms with Crippen LogP contribution in [-0.4, -0.2) is 5.78 Å². The largest absolute Gasteiger partial charge is 0.293 e. The van der Waals surface area contributed by atoms with Gasteiger partial charge in [0, 0.05) is 5.92 Å². The number of hydrogen-bond acceptors (Lipinski definition) is 2. The number of Topliss-reactive ketones (excluding diaryl/α,β-unsaturated/α-hetero) is 1. The van der Waals surface area contributed by atoms with Gasteiger partial charge in [-0.25, -0.2) is 0 Å². The Hall–Kier alpha value is 0.140. The molecule has 0 bridgehead atoms. The number of ketones is 1. The van der Waals surface area contributed by atoms with Gasteiger partial charge in [0.1, 0.15) is 0 Å².